The van der Waals surface area contributed by atoms with E-state index in [2.05, 4.69) is 5.32 Å². The van der Waals surface area contributed by atoms with Crippen molar-refractivity contribution in [2.75, 3.05) is 13.2 Å². The molecule has 1 aliphatic heterocycles. The standard InChI is InChI=1S/C17H18ClNO2.ClH/c18-13-3-5-16(6-4-13)21-17-9-7-15(8-10-17)20-12-14-2-1-11-19-14;/h3-10,14,19H,1-2,11-12H2;1H/t14-;/m1./s1. The molecule has 1 fully saturated rings. The van der Waals surface area contributed by atoms with Crippen molar-refractivity contribution in [2.45, 2.75) is 18.9 Å². The van der Waals surface area contributed by atoms with Gasteiger partial charge in [0, 0.05) is 11.1 Å². The Morgan fingerprint density at radius 1 is 0.955 bits per heavy atom. The van der Waals surface area contributed by atoms with Gasteiger partial charge in [0.15, 0.2) is 0 Å². The van der Waals surface area contributed by atoms with Crippen LogP contribution in [-0.4, -0.2) is 19.2 Å². The molecule has 5 heteroatoms. The Hall–Kier alpha value is -1.42. The molecule has 22 heavy (non-hydrogen) atoms. The third-order valence-electron chi connectivity index (χ3n) is 3.49. The maximum absolute atomic E-state index is 5.85. The number of hydrogen-bond donors (Lipinski definition) is 1. The van der Waals surface area contributed by atoms with E-state index in [1.807, 2.05) is 48.5 Å². The van der Waals surface area contributed by atoms with Crippen LogP contribution < -0.4 is 14.8 Å². The maximum atomic E-state index is 5.85. The van der Waals surface area contributed by atoms with Crippen molar-refractivity contribution in [3.05, 3.63) is 53.6 Å². The molecule has 0 spiro atoms. The van der Waals surface area contributed by atoms with Gasteiger partial charge < -0.3 is 14.8 Å². The minimum atomic E-state index is 0. The lowest BCUT2D eigenvalue weighted by Gasteiger charge is -2.12. The molecule has 1 atom stereocenters. The average molecular weight is 340 g/mol. The average Bonchev–Trinajstić information content (AvgIpc) is 3.02. The second-order valence-corrected chi connectivity index (χ2v) is 5.57. The Morgan fingerprint density at radius 2 is 1.55 bits per heavy atom. The highest BCUT2D eigenvalue weighted by atomic mass is 35.5. The first-order valence-corrected chi connectivity index (χ1v) is 7.57. The van der Waals surface area contributed by atoms with Gasteiger partial charge in [0.25, 0.3) is 0 Å². The summed E-state index contributed by atoms with van der Waals surface area (Å²) in [5, 5.41) is 4.12. The van der Waals surface area contributed by atoms with Crippen LogP contribution in [0.25, 0.3) is 0 Å². The molecule has 0 radical (unpaired) electrons. The van der Waals surface area contributed by atoms with E-state index in [0.717, 1.165) is 30.4 Å². The van der Waals surface area contributed by atoms with Crippen LogP contribution in [-0.2, 0) is 0 Å². The quantitative estimate of drug-likeness (QED) is 0.857. The van der Waals surface area contributed by atoms with Crippen molar-refractivity contribution in [1.82, 2.24) is 5.32 Å². The molecule has 1 saturated heterocycles. The highest BCUT2D eigenvalue weighted by Gasteiger charge is 2.14. The molecule has 3 rings (SSSR count). The van der Waals surface area contributed by atoms with E-state index in [1.165, 1.54) is 12.8 Å². The zero-order valence-electron chi connectivity index (χ0n) is 12.1. The predicted molar refractivity (Wildman–Crippen MR) is 91.7 cm³/mol. The first-order chi connectivity index (χ1) is 10.3. The molecule has 0 aromatic heterocycles. The molecule has 118 valence electrons. The van der Waals surface area contributed by atoms with Crippen LogP contribution in [0.1, 0.15) is 12.8 Å². The van der Waals surface area contributed by atoms with Gasteiger partial charge in [-0.3, -0.25) is 0 Å². The summed E-state index contributed by atoms with van der Waals surface area (Å²) in [4.78, 5) is 0. The summed E-state index contributed by atoms with van der Waals surface area (Å²) in [6, 6.07) is 15.5. The van der Waals surface area contributed by atoms with Crippen molar-refractivity contribution in [3.8, 4) is 17.2 Å². The fraction of sp³-hybridized carbons (Fsp3) is 0.294. The lowest BCUT2D eigenvalue weighted by atomic mass is 10.2. The molecule has 0 saturated carbocycles. The second kappa shape index (κ2) is 8.28. The highest BCUT2D eigenvalue weighted by Crippen LogP contribution is 2.25. The van der Waals surface area contributed by atoms with Crippen molar-refractivity contribution >= 4 is 24.0 Å². The van der Waals surface area contributed by atoms with Gasteiger partial charge in [-0.1, -0.05) is 11.6 Å². The number of nitrogens with one attached hydrogen (secondary N) is 1. The van der Waals surface area contributed by atoms with Crippen LogP contribution in [0.4, 0.5) is 0 Å². The molecule has 0 amide bonds. The monoisotopic (exact) mass is 339 g/mol. The summed E-state index contributed by atoms with van der Waals surface area (Å²) in [6.45, 7) is 1.82. The van der Waals surface area contributed by atoms with Crippen LogP contribution in [0.2, 0.25) is 5.02 Å². The van der Waals surface area contributed by atoms with Gasteiger partial charge in [0.2, 0.25) is 0 Å². The molecule has 1 N–H and O–H groups in total. The van der Waals surface area contributed by atoms with E-state index in [1.54, 1.807) is 0 Å². The molecule has 0 aliphatic carbocycles. The maximum Gasteiger partial charge on any atom is 0.127 e. The fourth-order valence-electron chi connectivity index (χ4n) is 2.34. The molecule has 0 bridgehead atoms. The summed E-state index contributed by atoms with van der Waals surface area (Å²) >= 11 is 5.85. The number of hydrogen-bond acceptors (Lipinski definition) is 3. The zero-order valence-corrected chi connectivity index (χ0v) is 13.7. The molecule has 3 nitrogen and oxygen atoms in total. The third-order valence-corrected chi connectivity index (χ3v) is 3.74. The first-order valence-electron chi connectivity index (χ1n) is 7.19. The van der Waals surface area contributed by atoms with Gasteiger partial charge in [-0.2, -0.15) is 0 Å². The minimum Gasteiger partial charge on any atom is -0.492 e. The van der Waals surface area contributed by atoms with E-state index in [0.29, 0.717) is 11.1 Å². The lowest BCUT2D eigenvalue weighted by Crippen LogP contribution is -2.28. The Balaban J connectivity index is 0.00000176. The zero-order chi connectivity index (χ0) is 14.5. The molecule has 2 aromatic carbocycles. The Bertz CT molecular complexity index is 566. The molecule has 2 aromatic rings. The largest absolute Gasteiger partial charge is 0.492 e. The molecular formula is C17H19Cl2NO2. The second-order valence-electron chi connectivity index (χ2n) is 5.13. The first kappa shape index (κ1) is 16.9. The number of halogens is 2. The van der Waals surface area contributed by atoms with Crippen LogP contribution >= 0.6 is 24.0 Å². The molecule has 1 heterocycles. The van der Waals surface area contributed by atoms with Crippen molar-refractivity contribution in [2.24, 2.45) is 0 Å². The van der Waals surface area contributed by atoms with Gasteiger partial charge in [0.05, 0.1) is 0 Å². The van der Waals surface area contributed by atoms with E-state index in [9.17, 15) is 0 Å². The number of benzene rings is 2. The fourth-order valence-corrected chi connectivity index (χ4v) is 2.46. The summed E-state index contributed by atoms with van der Waals surface area (Å²) in [5.41, 5.74) is 0. The van der Waals surface area contributed by atoms with Crippen LogP contribution in [0.3, 0.4) is 0 Å². The molecule has 1 aliphatic rings. The SMILES string of the molecule is Cl.Clc1ccc(Oc2ccc(OC[C@H]3CCCN3)cc2)cc1. The summed E-state index contributed by atoms with van der Waals surface area (Å²) < 4.78 is 11.5. The van der Waals surface area contributed by atoms with E-state index < -0.39 is 0 Å². The van der Waals surface area contributed by atoms with Gasteiger partial charge in [-0.15, -0.1) is 12.4 Å². The smallest absolute Gasteiger partial charge is 0.127 e. The lowest BCUT2D eigenvalue weighted by molar-refractivity contribution is 0.277. The van der Waals surface area contributed by atoms with Crippen molar-refractivity contribution in [3.63, 3.8) is 0 Å². The molecular weight excluding hydrogens is 321 g/mol. The normalized spacial score (nSPS) is 16.9. The van der Waals surface area contributed by atoms with Gasteiger partial charge in [0.1, 0.15) is 23.9 Å². The highest BCUT2D eigenvalue weighted by molar-refractivity contribution is 6.30. The molecule has 0 unspecified atom stereocenters. The minimum absolute atomic E-state index is 0. The van der Waals surface area contributed by atoms with Gasteiger partial charge >= 0.3 is 0 Å². The summed E-state index contributed by atoms with van der Waals surface area (Å²) in [5.74, 6) is 2.42. The third kappa shape index (κ3) is 4.80. The number of ether oxygens (including phenoxy) is 2. The Labute approximate surface area is 142 Å². The number of rotatable bonds is 5. The van der Waals surface area contributed by atoms with Crippen LogP contribution in [0, 0.1) is 0 Å². The Morgan fingerprint density at radius 3 is 2.14 bits per heavy atom. The van der Waals surface area contributed by atoms with Crippen LogP contribution in [0.15, 0.2) is 48.5 Å². The topological polar surface area (TPSA) is 30.5 Å². The summed E-state index contributed by atoms with van der Waals surface area (Å²) in [6.07, 6.45) is 2.43. The van der Waals surface area contributed by atoms with E-state index >= 15 is 0 Å². The van der Waals surface area contributed by atoms with Crippen molar-refractivity contribution < 1.29 is 9.47 Å². The summed E-state index contributed by atoms with van der Waals surface area (Å²) in [7, 11) is 0. The Kier molecular flexibility index (Phi) is 6.37. The van der Waals surface area contributed by atoms with Crippen molar-refractivity contribution in [1.29, 1.82) is 0 Å². The van der Waals surface area contributed by atoms with E-state index in [-0.39, 0.29) is 12.4 Å². The van der Waals surface area contributed by atoms with E-state index in [4.69, 9.17) is 21.1 Å². The van der Waals surface area contributed by atoms with Gasteiger partial charge in [-0.25, -0.2) is 0 Å². The van der Waals surface area contributed by atoms with Gasteiger partial charge in [-0.05, 0) is 67.9 Å². The predicted octanol–water partition coefficient (Wildman–Crippen LogP) is 4.68. The van der Waals surface area contributed by atoms with Crippen LogP contribution in [0.5, 0.6) is 17.2 Å².